The molecule has 4 heterocycles. The Hall–Kier alpha value is -4.09. The van der Waals surface area contributed by atoms with Gasteiger partial charge in [-0.25, -0.2) is 27.7 Å². The lowest BCUT2D eigenvalue weighted by atomic mass is 10.0. The molecule has 0 spiro atoms. The average Bonchev–Trinajstić information content (AvgIpc) is 3.56. The summed E-state index contributed by atoms with van der Waals surface area (Å²) < 4.78 is 83.1. The summed E-state index contributed by atoms with van der Waals surface area (Å²) >= 11 is 0. The number of aromatic nitrogens is 5. The fourth-order valence-electron chi connectivity index (χ4n) is 4.70. The van der Waals surface area contributed by atoms with Crippen LogP contribution in [0.15, 0.2) is 48.8 Å². The number of benzene rings is 2. The van der Waals surface area contributed by atoms with Crippen LogP contribution in [0, 0.1) is 17.5 Å². The first kappa shape index (κ1) is 22.4. The summed E-state index contributed by atoms with van der Waals surface area (Å²) in [5.74, 6) is -1.80. The third-order valence-electron chi connectivity index (χ3n) is 6.35. The second-order valence-corrected chi connectivity index (χ2v) is 8.56. The van der Waals surface area contributed by atoms with Crippen molar-refractivity contribution in [1.29, 1.82) is 0 Å². The smallest absolute Gasteiger partial charge is 0.349 e. The quantitative estimate of drug-likeness (QED) is 0.305. The largest absolute Gasteiger partial charge is 0.419 e. The molecule has 0 saturated carbocycles. The summed E-state index contributed by atoms with van der Waals surface area (Å²) in [5, 5.41) is 4.22. The van der Waals surface area contributed by atoms with Crippen LogP contribution < -0.4 is 4.90 Å². The Balaban J connectivity index is 1.42. The zero-order valence-electron chi connectivity index (χ0n) is 18.3. The molecule has 0 bridgehead atoms. The Morgan fingerprint density at radius 2 is 1.81 bits per heavy atom. The van der Waals surface area contributed by atoms with E-state index in [1.807, 2.05) is 4.90 Å². The molecule has 1 fully saturated rings. The molecule has 5 aromatic rings. The number of hydrogen-bond acceptors (Lipinski definition) is 4. The van der Waals surface area contributed by atoms with E-state index in [2.05, 4.69) is 20.1 Å². The summed E-state index contributed by atoms with van der Waals surface area (Å²) in [6.07, 6.45) is -0.411. The van der Waals surface area contributed by atoms with Gasteiger partial charge in [0.05, 0.1) is 34.4 Å². The maximum absolute atomic E-state index is 14.5. The van der Waals surface area contributed by atoms with E-state index in [0.29, 0.717) is 36.1 Å². The molecule has 6 nitrogen and oxygen atoms in total. The minimum Gasteiger partial charge on any atom is -0.349 e. The molecule has 36 heavy (non-hydrogen) atoms. The maximum atomic E-state index is 14.5. The predicted octanol–water partition coefficient (Wildman–Crippen LogP) is 6.05. The number of imidazole rings is 1. The van der Waals surface area contributed by atoms with Crippen molar-refractivity contribution >= 4 is 22.5 Å². The van der Waals surface area contributed by atoms with Crippen LogP contribution in [0.4, 0.5) is 32.2 Å². The van der Waals surface area contributed by atoms with Crippen molar-refractivity contribution in [2.45, 2.75) is 25.1 Å². The van der Waals surface area contributed by atoms with Gasteiger partial charge in [0.2, 0.25) is 0 Å². The molecule has 0 unspecified atom stereocenters. The van der Waals surface area contributed by atoms with Crippen LogP contribution in [0.1, 0.15) is 30.0 Å². The number of fused-ring (bicyclic) bond motifs is 2. The summed E-state index contributed by atoms with van der Waals surface area (Å²) in [7, 11) is 0. The van der Waals surface area contributed by atoms with Crippen molar-refractivity contribution in [3.8, 4) is 11.4 Å². The highest BCUT2D eigenvalue weighted by atomic mass is 19.4. The number of nitrogens with one attached hydrogen (secondary N) is 1. The topological polar surface area (TPSA) is 62.1 Å². The molecule has 3 aromatic heterocycles. The van der Waals surface area contributed by atoms with Crippen molar-refractivity contribution in [1.82, 2.24) is 24.6 Å². The lowest BCUT2D eigenvalue weighted by molar-refractivity contribution is -0.139. The Morgan fingerprint density at radius 1 is 0.972 bits per heavy atom. The second kappa shape index (κ2) is 7.97. The monoisotopic (exact) mass is 502 g/mol. The number of hydrogen-bond donors (Lipinski definition) is 1. The van der Waals surface area contributed by atoms with Gasteiger partial charge in [0, 0.05) is 24.4 Å². The van der Waals surface area contributed by atoms with Crippen molar-refractivity contribution in [2.75, 3.05) is 11.4 Å². The first-order chi connectivity index (χ1) is 17.2. The Kier molecular flexibility index (Phi) is 4.95. The lowest BCUT2D eigenvalue weighted by Gasteiger charge is -2.26. The van der Waals surface area contributed by atoms with Crippen LogP contribution in [-0.2, 0) is 6.18 Å². The third kappa shape index (κ3) is 3.64. The van der Waals surface area contributed by atoms with Crippen LogP contribution in [0.3, 0.4) is 0 Å². The van der Waals surface area contributed by atoms with Crippen LogP contribution in [-0.4, -0.2) is 31.1 Å². The zero-order valence-corrected chi connectivity index (χ0v) is 18.3. The number of aromatic amines is 1. The Bertz CT molecular complexity index is 1620. The molecular weight excluding hydrogens is 486 g/mol. The highest BCUT2D eigenvalue weighted by molar-refractivity contribution is 5.83. The molecule has 2 aromatic carbocycles. The van der Waals surface area contributed by atoms with E-state index in [9.17, 15) is 26.3 Å². The van der Waals surface area contributed by atoms with E-state index >= 15 is 0 Å². The van der Waals surface area contributed by atoms with Crippen LogP contribution >= 0.6 is 0 Å². The van der Waals surface area contributed by atoms with Crippen LogP contribution in [0.2, 0.25) is 0 Å². The first-order valence-electron chi connectivity index (χ1n) is 11.0. The van der Waals surface area contributed by atoms with Crippen LogP contribution in [0.5, 0.6) is 0 Å². The number of halogens is 6. The summed E-state index contributed by atoms with van der Waals surface area (Å²) in [4.78, 5) is 13.6. The van der Waals surface area contributed by atoms with Gasteiger partial charge in [-0.15, -0.1) is 0 Å². The molecule has 184 valence electrons. The molecule has 1 saturated heterocycles. The normalized spacial score (nSPS) is 16.5. The third-order valence-corrected chi connectivity index (χ3v) is 6.35. The molecular formula is C24H16F6N6. The minimum atomic E-state index is -4.85. The van der Waals surface area contributed by atoms with Gasteiger partial charge in [0.15, 0.2) is 5.65 Å². The number of anilines is 1. The van der Waals surface area contributed by atoms with Crippen LogP contribution in [0.25, 0.3) is 28.1 Å². The predicted molar refractivity (Wildman–Crippen MR) is 119 cm³/mol. The fourth-order valence-corrected chi connectivity index (χ4v) is 4.70. The number of H-pyrrole nitrogens is 1. The molecule has 6 rings (SSSR count). The van der Waals surface area contributed by atoms with E-state index in [1.165, 1.54) is 16.8 Å². The zero-order chi connectivity index (χ0) is 25.2. The van der Waals surface area contributed by atoms with E-state index in [-0.39, 0.29) is 22.4 Å². The van der Waals surface area contributed by atoms with E-state index in [4.69, 9.17) is 0 Å². The first-order valence-corrected chi connectivity index (χ1v) is 11.0. The highest BCUT2D eigenvalue weighted by Crippen LogP contribution is 2.38. The lowest BCUT2D eigenvalue weighted by Crippen LogP contribution is -2.24. The average molecular weight is 502 g/mol. The van der Waals surface area contributed by atoms with Gasteiger partial charge in [-0.3, -0.25) is 0 Å². The SMILES string of the molecule is Fc1ccc(F)c([C@H]2CCCN2c2ccn3ncc(-c4nc5cc(F)c(C(F)(F)F)cc5[nH]4)c3n2)c1. The molecule has 1 aliphatic heterocycles. The maximum Gasteiger partial charge on any atom is 0.419 e. The number of nitrogens with zero attached hydrogens (tertiary/aromatic N) is 5. The number of rotatable bonds is 3. The second-order valence-electron chi connectivity index (χ2n) is 8.56. The van der Waals surface area contributed by atoms with Gasteiger partial charge in [-0.1, -0.05) is 0 Å². The molecule has 0 radical (unpaired) electrons. The van der Waals surface area contributed by atoms with E-state index in [0.717, 1.165) is 24.6 Å². The number of alkyl halides is 3. The van der Waals surface area contributed by atoms with Crippen molar-refractivity contribution in [3.63, 3.8) is 0 Å². The molecule has 0 amide bonds. The molecule has 12 heteroatoms. The van der Waals surface area contributed by atoms with Crippen molar-refractivity contribution in [3.05, 3.63) is 77.4 Å². The standard InChI is InChI=1S/C24H16F6N6/c25-12-3-4-16(26)13(8-12)20-2-1-6-35(20)21-5-7-36-23(34-21)14(11-31-36)22-32-18-9-15(24(28,29)30)17(27)10-19(18)33-22/h3-5,7-11,20H,1-2,6H2,(H,32,33)/t20-/m1/s1. The Labute approximate surface area is 199 Å². The fraction of sp³-hybridized carbons (Fsp3) is 0.208. The van der Waals surface area contributed by atoms with Gasteiger partial charge in [0.1, 0.15) is 29.1 Å². The Morgan fingerprint density at radius 3 is 2.61 bits per heavy atom. The molecule has 0 aliphatic carbocycles. The van der Waals surface area contributed by atoms with Crippen molar-refractivity contribution in [2.24, 2.45) is 0 Å². The van der Waals surface area contributed by atoms with Gasteiger partial charge >= 0.3 is 6.18 Å². The van der Waals surface area contributed by atoms with Gasteiger partial charge < -0.3 is 9.88 Å². The van der Waals surface area contributed by atoms with Gasteiger partial charge in [0.25, 0.3) is 0 Å². The molecule has 1 atom stereocenters. The molecule has 1 N–H and O–H groups in total. The highest BCUT2D eigenvalue weighted by Gasteiger charge is 2.35. The van der Waals surface area contributed by atoms with Gasteiger partial charge in [-0.2, -0.15) is 18.3 Å². The summed E-state index contributed by atoms with van der Waals surface area (Å²) in [6.45, 7) is 0.567. The van der Waals surface area contributed by atoms with E-state index < -0.39 is 35.2 Å². The van der Waals surface area contributed by atoms with Gasteiger partial charge in [-0.05, 0) is 43.2 Å². The minimum absolute atomic E-state index is 0.00964. The molecule has 1 aliphatic rings. The van der Waals surface area contributed by atoms with Crippen molar-refractivity contribution < 1.29 is 26.3 Å². The van der Waals surface area contributed by atoms with E-state index in [1.54, 1.807) is 12.3 Å². The summed E-state index contributed by atoms with van der Waals surface area (Å²) in [6, 6.07) is 6.03. The summed E-state index contributed by atoms with van der Waals surface area (Å²) in [5.41, 5.74) is -0.399.